The minimum Gasteiger partial charge on any atom is -0.507 e. The SMILES string of the molecule is C.O=C(CCCCCCCCCCC(=O)NNC(=O)c1ccccc1O)NNC(=O)c1ccccc1O. The Balaban J connectivity index is 0.00000684. The lowest BCUT2D eigenvalue weighted by molar-refractivity contribution is -0.122. The monoisotopic (exact) mass is 514 g/mol. The summed E-state index contributed by atoms with van der Waals surface area (Å²) in [6, 6.07) is 12.2. The average molecular weight is 515 g/mol. The van der Waals surface area contributed by atoms with Crippen LogP contribution in [0.25, 0.3) is 0 Å². The second-order valence-electron chi connectivity index (χ2n) is 8.37. The molecule has 10 heteroatoms. The summed E-state index contributed by atoms with van der Waals surface area (Å²) >= 11 is 0. The highest BCUT2D eigenvalue weighted by atomic mass is 16.3. The number of benzene rings is 2. The number of hydrazine groups is 2. The van der Waals surface area contributed by atoms with Gasteiger partial charge in [0.05, 0.1) is 11.1 Å². The smallest absolute Gasteiger partial charge is 0.273 e. The molecule has 0 aromatic heterocycles. The summed E-state index contributed by atoms with van der Waals surface area (Å²) in [6.45, 7) is 0. The van der Waals surface area contributed by atoms with E-state index in [1.165, 1.54) is 24.3 Å². The van der Waals surface area contributed by atoms with Crippen molar-refractivity contribution < 1.29 is 29.4 Å². The van der Waals surface area contributed by atoms with Gasteiger partial charge in [0.2, 0.25) is 11.8 Å². The molecule has 0 aliphatic carbocycles. The minimum absolute atomic E-state index is 0. The Morgan fingerprint density at radius 2 is 0.838 bits per heavy atom. The maximum Gasteiger partial charge on any atom is 0.273 e. The molecule has 0 atom stereocenters. The van der Waals surface area contributed by atoms with Crippen molar-refractivity contribution in [2.45, 2.75) is 71.6 Å². The van der Waals surface area contributed by atoms with Crippen LogP contribution in [0.15, 0.2) is 48.5 Å². The Bertz CT molecular complexity index is 946. The Hall–Kier alpha value is -4.08. The lowest BCUT2D eigenvalue weighted by atomic mass is 10.1. The van der Waals surface area contributed by atoms with Gasteiger partial charge in [-0.05, 0) is 37.1 Å². The number of hydrogen-bond acceptors (Lipinski definition) is 6. The van der Waals surface area contributed by atoms with Gasteiger partial charge >= 0.3 is 0 Å². The van der Waals surface area contributed by atoms with E-state index in [0.717, 1.165) is 38.5 Å². The molecule has 0 saturated carbocycles. The maximum absolute atomic E-state index is 11.9. The van der Waals surface area contributed by atoms with Gasteiger partial charge in [-0.25, -0.2) is 0 Å². The van der Waals surface area contributed by atoms with E-state index >= 15 is 0 Å². The molecule has 0 aliphatic rings. The van der Waals surface area contributed by atoms with E-state index in [0.29, 0.717) is 25.7 Å². The van der Waals surface area contributed by atoms with Crippen LogP contribution < -0.4 is 21.7 Å². The Morgan fingerprint density at radius 1 is 0.514 bits per heavy atom. The van der Waals surface area contributed by atoms with Crippen LogP contribution in [0, 0.1) is 0 Å². The Labute approximate surface area is 217 Å². The summed E-state index contributed by atoms with van der Waals surface area (Å²) in [4.78, 5) is 47.5. The number of carbonyl (C=O) groups is 4. The minimum atomic E-state index is -0.573. The molecule has 0 bridgehead atoms. The highest BCUT2D eigenvalue weighted by Crippen LogP contribution is 2.16. The molecule has 2 aromatic rings. The van der Waals surface area contributed by atoms with Crippen LogP contribution in [0.2, 0.25) is 0 Å². The van der Waals surface area contributed by atoms with E-state index in [-0.39, 0.29) is 41.9 Å². The summed E-state index contributed by atoms with van der Waals surface area (Å²) in [5.74, 6) is -2.02. The normalized spacial score (nSPS) is 10.1. The number of carbonyl (C=O) groups excluding carboxylic acids is 4. The van der Waals surface area contributed by atoms with Crippen LogP contribution >= 0.6 is 0 Å². The Morgan fingerprint density at radius 3 is 1.19 bits per heavy atom. The van der Waals surface area contributed by atoms with Gasteiger partial charge in [-0.1, -0.05) is 70.2 Å². The van der Waals surface area contributed by atoms with E-state index in [1.807, 2.05) is 0 Å². The molecular formula is C27H38N4O6. The van der Waals surface area contributed by atoms with Crippen LogP contribution in [-0.2, 0) is 9.59 Å². The largest absolute Gasteiger partial charge is 0.507 e. The zero-order chi connectivity index (χ0) is 26.2. The molecule has 4 amide bonds. The number of unbranched alkanes of at least 4 members (excludes halogenated alkanes) is 7. The molecule has 37 heavy (non-hydrogen) atoms. The van der Waals surface area contributed by atoms with Gasteiger partial charge in [0, 0.05) is 12.8 Å². The van der Waals surface area contributed by atoms with Crippen LogP contribution in [0.3, 0.4) is 0 Å². The highest BCUT2D eigenvalue weighted by molar-refractivity contribution is 5.98. The van der Waals surface area contributed by atoms with Crippen molar-refractivity contribution in [1.82, 2.24) is 21.7 Å². The van der Waals surface area contributed by atoms with E-state index in [1.54, 1.807) is 24.3 Å². The van der Waals surface area contributed by atoms with Crippen LogP contribution in [0.5, 0.6) is 11.5 Å². The molecule has 0 heterocycles. The van der Waals surface area contributed by atoms with Crippen molar-refractivity contribution in [3.8, 4) is 11.5 Å². The highest BCUT2D eigenvalue weighted by Gasteiger charge is 2.12. The zero-order valence-corrected chi connectivity index (χ0v) is 20.2. The quantitative estimate of drug-likeness (QED) is 0.176. The summed E-state index contributed by atoms with van der Waals surface area (Å²) in [5, 5.41) is 19.3. The van der Waals surface area contributed by atoms with E-state index < -0.39 is 11.8 Å². The number of para-hydroxylation sites is 2. The predicted molar refractivity (Wildman–Crippen MR) is 140 cm³/mol. The van der Waals surface area contributed by atoms with Crippen molar-refractivity contribution >= 4 is 23.6 Å². The number of hydrogen-bond donors (Lipinski definition) is 6. The Kier molecular flexibility index (Phi) is 14.5. The fourth-order valence-corrected chi connectivity index (χ4v) is 3.48. The number of amides is 4. The van der Waals surface area contributed by atoms with Gasteiger partial charge in [0.1, 0.15) is 11.5 Å². The number of nitrogens with one attached hydrogen (secondary N) is 4. The third kappa shape index (κ3) is 11.9. The van der Waals surface area contributed by atoms with Gasteiger partial charge in [-0.3, -0.25) is 40.9 Å². The molecule has 2 rings (SSSR count). The average Bonchev–Trinajstić information content (AvgIpc) is 2.87. The van der Waals surface area contributed by atoms with Gasteiger partial charge in [0.15, 0.2) is 0 Å². The third-order valence-electron chi connectivity index (χ3n) is 5.49. The van der Waals surface area contributed by atoms with Crippen LogP contribution in [-0.4, -0.2) is 33.8 Å². The van der Waals surface area contributed by atoms with Gasteiger partial charge in [-0.15, -0.1) is 0 Å². The van der Waals surface area contributed by atoms with E-state index in [2.05, 4.69) is 21.7 Å². The number of phenolic OH excluding ortho intramolecular Hbond substituents is 2. The van der Waals surface area contributed by atoms with Gasteiger partial charge in [-0.2, -0.15) is 0 Å². The molecule has 0 radical (unpaired) electrons. The lowest BCUT2D eigenvalue weighted by Crippen LogP contribution is -2.41. The van der Waals surface area contributed by atoms with Crippen molar-refractivity contribution in [3.63, 3.8) is 0 Å². The van der Waals surface area contributed by atoms with Gasteiger partial charge in [0.25, 0.3) is 11.8 Å². The summed E-state index contributed by atoms with van der Waals surface area (Å²) in [7, 11) is 0. The number of phenols is 2. The van der Waals surface area contributed by atoms with Crippen LogP contribution in [0.4, 0.5) is 0 Å². The van der Waals surface area contributed by atoms with Crippen molar-refractivity contribution in [3.05, 3.63) is 59.7 Å². The fourth-order valence-electron chi connectivity index (χ4n) is 3.48. The first kappa shape index (κ1) is 31.0. The zero-order valence-electron chi connectivity index (χ0n) is 20.2. The molecule has 2 aromatic carbocycles. The summed E-state index contributed by atoms with van der Waals surface area (Å²) < 4.78 is 0. The first-order valence-corrected chi connectivity index (χ1v) is 12.1. The standard InChI is InChI=1S/C26H34N4O6.CH4/c31-21-15-11-9-13-19(21)25(35)29-27-23(33)17-7-5-3-1-2-4-6-8-18-24(34)28-30-26(36)20-14-10-12-16-22(20)32;/h9-16,31-32H,1-8,17-18H2,(H,27,33)(H,28,34)(H,29,35)(H,30,36);1H4. The van der Waals surface area contributed by atoms with E-state index in [9.17, 15) is 29.4 Å². The molecule has 0 fully saturated rings. The molecular weight excluding hydrogens is 476 g/mol. The molecule has 0 spiro atoms. The molecule has 202 valence electrons. The second kappa shape index (κ2) is 17.4. The number of rotatable bonds is 13. The number of aromatic hydroxyl groups is 2. The van der Waals surface area contributed by atoms with Crippen molar-refractivity contribution in [2.75, 3.05) is 0 Å². The van der Waals surface area contributed by atoms with Gasteiger partial charge < -0.3 is 10.2 Å². The maximum atomic E-state index is 11.9. The first-order chi connectivity index (χ1) is 17.4. The van der Waals surface area contributed by atoms with Crippen molar-refractivity contribution in [2.24, 2.45) is 0 Å². The molecule has 0 saturated heterocycles. The lowest BCUT2D eigenvalue weighted by Gasteiger charge is -2.08. The van der Waals surface area contributed by atoms with Crippen molar-refractivity contribution in [1.29, 1.82) is 0 Å². The summed E-state index contributed by atoms with van der Waals surface area (Å²) in [6.07, 6.45) is 7.90. The summed E-state index contributed by atoms with van der Waals surface area (Å²) in [5.41, 5.74) is 9.48. The molecule has 10 nitrogen and oxygen atoms in total. The topological polar surface area (TPSA) is 157 Å². The predicted octanol–water partition coefficient (Wildman–Crippen LogP) is 3.86. The van der Waals surface area contributed by atoms with Crippen LogP contribution in [0.1, 0.15) is 92.4 Å². The third-order valence-corrected chi connectivity index (χ3v) is 5.49. The fraction of sp³-hybridized carbons (Fsp3) is 0.407. The molecule has 6 N–H and O–H groups in total. The first-order valence-electron chi connectivity index (χ1n) is 12.1. The second-order valence-corrected chi connectivity index (χ2v) is 8.37. The molecule has 0 unspecified atom stereocenters. The van der Waals surface area contributed by atoms with E-state index in [4.69, 9.17) is 0 Å². The molecule has 0 aliphatic heterocycles.